The molecule has 2 aromatic carbocycles. The first-order valence-corrected chi connectivity index (χ1v) is 13.2. The van der Waals surface area contributed by atoms with Gasteiger partial charge in [0.2, 0.25) is 0 Å². The van der Waals surface area contributed by atoms with Crippen LogP contribution in [0.2, 0.25) is 0 Å². The molecule has 2 saturated carbocycles. The third kappa shape index (κ3) is 4.03. The SMILES string of the molecule is CCc1cc(-c2ccc(N)cc2)ccc1-c1nc2cc(CC3CCC4C(C)CCC34)[nH]c2cc1F. The highest BCUT2D eigenvalue weighted by Crippen LogP contribution is 2.51. The third-order valence-corrected chi connectivity index (χ3v) is 8.79. The lowest BCUT2D eigenvalue weighted by Gasteiger charge is -2.18. The Balaban J connectivity index is 1.30. The molecule has 4 unspecified atom stereocenters. The second-order valence-electron chi connectivity index (χ2n) is 10.8. The molecule has 0 amide bonds. The number of hydrogen-bond acceptors (Lipinski definition) is 2. The van der Waals surface area contributed by atoms with E-state index in [1.54, 1.807) is 6.07 Å². The molecule has 3 N–H and O–H groups in total. The molecule has 0 bridgehead atoms. The van der Waals surface area contributed by atoms with Crippen LogP contribution in [0.3, 0.4) is 0 Å². The molecule has 4 heteroatoms. The van der Waals surface area contributed by atoms with Crippen molar-refractivity contribution in [1.82, 2.24) is 9.97 Å². The van der Waals surface area contributed by atoms with E-state index in [0.717, 1.165) is 75.5 Å². The molecule has 0 spiro atoms. The number of aryl methyl sites for hydroxylation is 1. The Bertz CT molecular complexity index is 1370. The molecule has 3 nitrogen and oxygen atoms in total. The normalized spacial score (nSPS) is 23.7. The number of nitrogen functional groups attached to an aromatic ring is 1. The number of nitrogens with zero attached hydrogens (tertiary/aromatic N) is 1. The number of H-pyrrole nitrogens is 1. The van der Waals surface area contributed by atoms with Gasteiger partial charge >= 0.3 is 0 Å². The molecule has 2 aromatic heterocycles. The van der Waals surface area contributed by atoms with E-state index in [9.17, 15) is 0 Å². The lowest BCUT2D eigenvalue weighted by Crippen LogP contribution is -2.13. The van der Waals surface area contributed by atoms with Crippen molar-refractivity contribution in [2.75, 3.05) is 5.73 Å². The van der Waals surface area contributed by atoms with Crippen LogP contribution in [0.25, 0.3) is 33.4 Å². The predicted molar refractivity (Wildman–Crippen MR) is 143 cm³/mol. The van der Waals surface area contributed by atoms with Crippen molar-refractivity contribution < 1.29 is 4.39 Å². The highest BCUT2D eigenvalue weighted by atomic mass is 19.1. The van der Waals surface area contributed by atoms with E-state index in [4.69, 9.17) is 10.7 Å². The van der Waals surface area contributed by atoms with Crippen molar-refractivity contribution in [3.05, 3.63) is 71.7 Å². The van der Waals surface area contributed by atoms with E-state index in [-0.39, 0.29) is 5.82 Å². The topological polar surface area (TPSA) is 54.7 Å². The van der Waals surface area contributed by atoms with Gasteiger partial charge in [0.1, 0.15) is 5.69 Å². The van der Waals surface area contributed by atoms with E-state index in [1.807, 2.05) is 36.4 Å². The first-order chi connectivity index (χ1) is 17.0. The number of fused-ring (bicyclic) bond motifs is 2. The van der Waals surface area contributed by atoms with Crippen LogP contribution in [0.5, 0.6) is 0 Å². The summed E-state index contributed by atoms with van der Waals surface area (Å²) in [5, 5.41) is 0. The summed E-state index contributed by atoms with van der Waals surface area (Å²) in [5.74, 6) is 3.13. The van der Waals surface area contributed by atoms with Gasteiger partial charge in [-0.3, -0.25) is 0 Å². The molecule has 35 heavy (non-hydrogen) atoms. The summed E-state index contributed by atoms with van der Waals surface area (Å²) in [5.41, 5.74) is 14.1. The van der Waals surface area contributed by atoms with Gasteiger partial charge in [-0.05, 0) is 90.7 Å². The van der Waals surface area contributed by atoms with Crippen molar-refractivity contribution in [3.63, 3.8) is 0 Å². The maximum atomic E-state index is 15.3. The smallest absolute Gasteiger partial charge is 0.151 e. The number of aromatic amines is 1. The Kier molecular flexibility index (Phi) is 5.63. The molecule has 2 heterocycles. The standard InChI is InChI=1S/C31H34FN3/c1-3-19-14-21(20-5-9-23(33)10-6-20)7-13-27(19)31-28(32)17-30-29(35-31)16-24(34-30)15-22-8-12-25-18(2)4-11-26(22)25/h5-7,9-10,13-14,16-18,22,25-26,34H,3-4,8,11-12,15,33H2,1-2H3. The number of pyridine rings is 1. The van der Waals surface area contributed by atoms with Gasteiger partial charge in [-0.2, -0.15) is 0 Å². The second kappa shape index (κ2) is 8.82. The van der Waals surface area contributed by atoms with Crippen LogP contribution in [-0.4, -0.2) is 9.97 Å². The Morgan fingerprint density at radius 1 is 0.943 bits per heavy atom. The van der Waals surface area contributed by atoms with Crippen LogP contribution in [0.4, 0.5) is 10.1 Å². The number of hydrogen-bond donors (Lipinski definition) is 2. The van der Waals surface area contributed by atoms with E-state index < -0.39 is 0 Å². The van der Waals surface area contributed by atoms with E-state index in [2.05, 4.69) is 31.0 Å². The van der Waals surface area contributed by atoms with Gasteiger partial charge in [0.05, 0.1) is 11.0 Å². The number of halogens is 1. The van der Waals surface area contributed by atoms with Crippen LogP contribution in [0.15, 0.2) is 54.6 Å². The molecule has 0 aliphatic heterocycles. The molecule has 4 aromatic rings. The predicted octanol–water partition coefficient (Wildman–Crippen LogP) is 7.80. The van der Waals surface area contributed by atoms with E-state index in [0.29, 0.717) is 5.69 Å². The molecular weight excluding hydrogens is 433 g/mol. The summed E-state index contributed by atoms with van der Waals surface area (Å²) in [6, 6.07) is 17.8. The summed E-state index contributed by atoms with van der Waals surface area (Å²) < 4.78 is 15.3. The third-order valence-electron chi connectivity index (χ3n) is 8.79. The van der Waals surface area contributed by atoms with Gasteiger partial charge in [-0.1, -0.05) is 50.6 Å². The van der Waals surface area contributed by atoms with Gasteiger partial charge in [-0.15, -0.1) is 0 Å². The van der Waals surface area contributed by atoms with Gasteiger partial charge < -0.3 is 10.7 Å². The summed E-state index contributed by atoms with van der Waals surface area (Å²) in [6.07, 6.45) is 7.31. The van der Waals surface area contributed by atoms with Gasteiger partial charge in [0.15, 0.2) is 5.82 Å². The molecule has 0 saturated heterocycles. The maximum Gasteiger partial charge on any atom is 0.151 e. The van der Waals surface area contributed by atoms with Crippen LogP contribution in [0, 0.1) is 29.5 Å². The average Bonchev–Trinajstić information content (AvgIpc) is 3.55. The Labute approximate surface area is 207 Å². The zero-order valence-corrected chi connectivity index (χ0v) is 20.7. The molecular formula is C31H34FN3. The van der Waals surface area contributed by atoms with Gasteiger partial charge in [0, 0.05) is 23.0 Å². The zero-order valence-electron chi connectivity index (χ0n) is 20.7. The minimum Gasteiger partial charge on any atom is -0.399 e. The molecule has 0 radical (unpaired) electrons. The monoisotopic (exact) mass is 467 g/mol. The molecule has 2 fully saturated rings. The van der Waals surface area contributed by atoms with Gasteiger partial charge in [-0.25, -0.2) is 9.37 Å². The fraction of sp³-hybridized carbons (Fsp3) is 0.387. The molecule has 2 aliphatic carbocycles. The molecule has 6 rings (SSSR count). The maximum absolute atomic E-state index is 15.3. The summed E-state index contributed by atoms with van der Waals surface area (Å²) >= 11 is 0. The highest BCUT2D eigenvalue weighted by Gasteiger charge is 2.42. The minimum absolute atomic E-state index is 0.272. The first-order valence-electron chi connectivity index (χ1n) is 13.2. The van der Waals surface area contributed by atoms with Crippen LogP contribution < -0.4 is 5.73 Å². The van der Waals surface area contributed by atoms with Crippen molar-refractivity contribution in [2.24, 2.45) is 23.7 Å². The Morgan fingerprint density at radius 3 is 2.51 bits per heavy atom. The Hall–Kier alpha value is -3.14. The zero-order chi connectivity index (χ0) is 24.1. The number of nitrogens with one attached hydrogen (secondary N) is 1. The fourth-order valence-electron chi connectivity index (χ4n) is 6.90. The lowest BCUT2D eigenvalue weighted by atomic mass is 9.87. The number of benzene rings is 2. The first kappa shape index (κ1) is 22.3. The summed E-state index contributed by atoms with van der Waals surface area (Å²) in [7, 11) is 0. The quantitative estimate of drug-likeness (QED) is 0.294. The second-order valence-corrected chi connectivity index (χ2v) is 10.8. The van der Waals surface area contributed by atoms with Crippen molar-refractivity contribution >= 4 is 16.7 Å². The van der Waals surface area contributed by atoms with Crippen LogP contribution in [-0.2, 0) is 12.8 Å². The number of aromatic nitrogens is 2. The van der Waals surface area contributed by atoms with Crippen molar-refractivity contribution in [2.45, 2.75) is 52.4 Å². The summed E-state index contributed by atoms with van der Waals surface area (Å²) in [4.78, 5) is 8.30. The summed E-state index contributed by atoms with van der Waals surface area (Å²) in [6.45, 7) is 4.53. The number of nitrogens with two attached hydrogens (primary N) is 1. The number of rotatable bonds is 5. The molecule has 2 aliphatic rings. The average molecular weight is 468 g/mol. The molecule has 180 valence electrons. The molecule has 4 atom stereocenters. The lowest BCUT2D eigenvalue weighted by molar-refractivity contribution is 0.322. The van der Waals surface area contributed by atoms with Crippen molar-refractivity contribution in [3.8, 4) is 22.4 Å². The van der Waals surface area contributed by atoms with Gasteiger partial charge in [0.25, 0.3) is 0 Å². The van der Waals surface area contributed by atoms with Crippen LogP contribution in [0.1, 0.15) is 50.8 Å². The Morgan fingerprint density at radius 2 is 1.71 bits per heavy atom. The van der Waals surface area contributed by atoms with E-state index in [1.165, 1.54) is 31.4 Å². The number of anilines is 1. The highest BCUT2D eigenvalue weighted by molar-refractivity contribution is 5.81. The van der Waals surface area contributed by atoms with E-state index >= 15 is 4.39 Å². The van der Waals surface area contributed by atoms with Crippen LogP contribution >= 0.6 is 0 Å². The minimum atomic E-state index is -0.272. The largest absolute Gasteiger partial charge is 0.399 e. The van der Waals surface area contributed by atoms with Crippen molar-refractivity contribution in [1.29, 1.82) is 0 Å². The fourth-order valence-corrected chi connectivity index (χ4v) is 6.90.